The van der Waals surface area contributed by atoms with Gasteiger partial charge in [0.15, 0.2) is 0 Å². The molecule has 0 atom stereocenters. The molecule has 6 aromatic rings. The first-order valence-corrected chi connectivity index (χ1v) is 17.7. The van der Waals surface area contributed by atoms with Gasteiger partial charge in [-0.3, -0.25) is 0 Å². The van der Waals surface area contributed by atoms with E-state index in [9.17, 15) is 10.2 Å². The molecule has 0 bridgehead atoms. The third-order valence-electron chi connectivity index (χ3n) is 5.87. The van der Waals surface area contributed by atoms with Crippen molar-refractivity contribution < 1.29 is 29.7 Å². The van der Waals surface area contributed by atoms with Gasteiger partial charge in [0.25, 0.3) is 0 Å². The van der Waals surface area contributed by atoms with Crippen LogP contribution in [0.15, 0.2) is 124 Å². The van der Waals surface area contributed by atoms with Crippen molar-refractivity contribution in [2.24, 2.45) is 9.98 Å². The van der Waals surface area contributed by atoms with Gasteiger partial charge in [-0.15, -0.1) is 22.7 Å². The van der Waals surface area contributed by atoms with Crippen LogP contribution in [-0.2, 0) is 19.5 Å². The Hall–Kier alpha value is -2.38. The van der Waals surface area contributed by atoms with Gasteiger partial charge < -0.3 is 10.2 Å². The van der Waals surface area contributed by atoms with E-state index in [1.54, 1.807) is 36.7 Å². The zero-order chi connectivity index (χ0) is 31.1. The molecule has 2 N–H and O–H groups in total. The molecule has 13 heteroatoms. The van der Waals surface area contributed by atoms with Crippen LogP contribution < -0.4 is 0 Å². The molecule has 6 rings (SSSR count). The van der Waals surface area contributed by atoms with Crippen molar-refractivity contribution in [2.75, 3.05) is 0 Å². The predicted molar refractivity (Wildman–Crippen MR) is 197 cm³/mol. The van der Waals surface area contributed by atoms with E-state index in [4.69, 9.17) is 0 Å². The minimum absolute atomic E-state index is 0. The molecule has 222 valence electrons. The van der Waals surface area contributed by atoms with E-state index in [1.807, 2.05) is 71.4 Å². The van der Waals surface area contributed by atoms with Gasteiger partial charge in [-0.2, -0.15) is 0 Å². The number of benzene rings is 4. The molecular formula is C32H20Br4N4O2S2Zn. The van der Waals surface area contributed by atoms with Gasteiger partial charge in [0, 0.05) is 73.9 Å². The van der Waals surface area contributed by atoms with Crippen LogP contribution >= 0.6 is 86.4 Å². The first-order chi connectivity index (χ1) is 21.3. The van der Waals surface area contributed by atoms with E-state index >= 15 is 0 Å². The number of thiazole rings is 2. The minimum atomic E-state index is 0. The van der Waals surface area contributed by atoms with Crippen LogP contribution in [0, 0.1) is 0 Å². The molecule has 6 nitrogen and oxygen atoms in total. The molecule has 2 heterocycles. The van der Waals surface area contributed by atoms with Crippen molar-refractivity contribution in [3.8, 4) is 34.0 Å². The summed E-state index contributed by atoms with van der Waals surface area (Å²) in [7, 11) is 0. The van der Waals surface area contributed by atoms with Crippen molar-refractivity contribution in [3.05, 3.63) is 125 Å². The predicted octanol–water partition coefficient (Wildman–Crippen LogP) is 11.6. The number of phenolic OH excluding ortho intramolecular Hbond substituents is 2. The van der Waals surface area contributed by atoms with Crippen LogP contribution in [0.25, 0.3) is 22.5 Å². The fourth-order valence-electron chi connectivity index (χ4n) is 3.75. The van der Waals surface area contributed by atoms with Crippen LogP contribution in [-0.4, -0.2) is 32.6 Å². The van der Waals surface area contributed by atoms with Crippen molar-refractivity contribution in [2.45, 2.75) is 0 Å². The zero-order valence-corrected chi connectivity index (χ0v) is 34.1. The van der Waals surface area contributed by atoms with Crippen molar-refractivity contribution in [3.63, 3.8) is 0 Å². The maximum atomic E-state index is 10.0. The molecule has 2 aromatic heterocycles. The fraction of sp³-hybridized carbons (Fsp3) is 0. The van der Waals surface area contributed by atoms with Crippen molar-refractivity contribution >= 4 is 109 Å². The topological polar surface area (TPSA) is 91.0 Å². The van der Waals surface area contributed by atoms with Crippen LogP contribution in [0.1, 0.15) is 11.1 Å². The maximum absolute atomic E-state index is 10.0. The SMILES string of the molecule is Oc1c(Br)cc(Br)cc1/C=N/c1nc(-c2ccccc2)cs1.Oc1c(Br)cc(Br)cc1/C=N/c1nc(-c2ccccc2)cs1.[Zn]. The molecule has 0 amide bonds. The Morgan fingerprint density at radius 1 is 0.578 bits per heavy atom. The molecule has 45 heavy (non-hydrogen) atoms. The summed E-state index contributed by atoms with van der Waals surface area (Å²) >= 11 is 16.3. The molecule has 0 aliphatic carbocycles. The second-order valence-electron chi connectivity index (χ2n) is 8.93. The van der Waals surface area contributed by atoms with Gasteiger partial charge in [-0.05, 0) is 56.1 Å². The first kappa shape index (κ1) is 35.5. The third kappa shape index (κ3) is 9.81. The van der Waals surface area contributed by atoms with E-state index in [0.29, 0.717) is 30.3 Å². The Kier molecular flexibility index (Phi) is 13.4. The molecule has 0 spiro atoms. The quantitative estimate of drug-likeness (QED) is 0.129. The van der Waals surface area contributed by atoms with E-state index in [0.717, 1.165) is 31.5 Å². The molecule has 0 unspecified atom stereocenters. The van der Waals surface area contributed by atoms with Gasteiger partial charge in [0.2, 0.25) is 10.3 Å². The molecule has 4 aromatic carbocycles. The number of phenols is 2. The molecule has 0 radical (unpaired) electrons. The second-order valence-corrected chi connectivity index (χ2v) is 14.1. The molecule has 0 aliphatic rings. The number of hydrogen-bond donors (Lipinski definition) is 2. The van der Waals surface area contributed by atoms with Gasteiger partial charge in [0.1, 0.15) is 11.5 Å². The van der Waals surface area contributed by atoms with Crippen LogP contribution in [0.2, 0.25) is 0 Å². The molecule has 0 fully saturated rings. The molecule has 0 aliphatic heterocycles. The largest absolute Gasteiger partial charge is 0.506 e. The second kappa shape index (κ2) is 17.0. The monoisotopic (exact) mass is 936 g/mol. The fourth-order valence-corrected chi connectivity index (χ4v) is 7.61. The summed E-state index contributed by atoms with van der Waals surface area (Å²) in [6.45, 7) is 0. The van der Waals surface area contributed by atoms with Gasteiger partial charge in [-0.1, -0.05) is 92.5 Å². The van der Waals surface area contributed by atoms with Crippen LogP contribution in [0.4, 0.5) is 10.3 Å². The van der Waals surface area contributed by atoms with Crippen molar-refractivity contribution in [1.29, 1.82) is 0 Å². The van der Waals surface area contributed by atoms with Crippen LogP contribution in [0.3, 0.4) is 0 Å². The van der Waals surface area contributed by atoms with Gasteiger partial charge >= 0.3 is 0 Å². The summed E-state index contributed by atoms with van der Waals surface area (Å²) in [6.07, 6.45) is 3.22. The summed E-state index contributed by atoms with van der Waals surface area (Å²) in [5.74, 6) is 0.318. The standard InChI is InChI=1S/2C16H10Br2N2OS.Zn/c2*17-12-6-11(15(21)13(18)7-12)8-19-16-20-14(9-22-16)10-4-2-1-3-5-10;/h2*1-9,21H;/b2*19-8+;. The Balaban J connectivity index is 0.000000200. The first-order valence-electron chi connectivity index (χ1n) is 12.7. The summed E-state index contributed by atoms with van der Waals surface area (Å²) in [6, 6.07) is 27.1. The molecule has 0 saturated carbocycles. The Morgan fingerprint density at radius 3 is 1.33 bits per heavy atom. The number of halogens is 4. The Bertz CT molecular complexity index is 1810. The van der Waals surface area contributed by atoms with E-state index in [1.165, 1.54) is 22.7 Å². The summed E-state index contributed by atoms with van der Waals surface area (Å²) in [5.41, 5.74) is 5.17. The molecule has 0 saturated heterocycles. The maximum Gasteiger partial charge on any atom is 0.209 e. The number of nitrogens with zero attached hydrogens (tertiary/aromatic N) is 4. The van der Waals surface area contributed by atoms with E-state index in [-0.39, 0.29) is 31.0 Å². The number of aromatic hydroxyl groups is 2. The van der Waals surface area contributed by atoms with Gasteiger partial charge in [0.05, 0.1) is 20.3 Å². The average molecular weight is 942 g/mol. The molecular weight excluding hydrogens is 922 g/mol. The van der Waals surface area contributed by atoms with Crippen molar-refractivity contribution in [1.82, 2.24) is 9.97 Å². The number of hydrogen-bond acceptors (Lipinski definition) is 8. The zero-order valence-electron chi connectivity index (χ0n) is 23.1. The normalized spacial score (nSPS) is 10.9. The van der Waals surface area contributed by atoms with Crippen LogP contribution in [0.5, 0.6) is 11.5 Å². The number of aliphatic imine (C=N–C) groups is 2. The third-order valence-corrected chi connectivity index (χ3v) is 9.49. The summed E-state index contributed by atoms with van der Waals surface area (Å²) < 4.78 is 2.96. The van der Waals surface area contributed by atoms with E-state index in [2.05, 4.69) is 83.7 Å². The Labute approximate surface area is 314 Å². The van der Waals surface area contributed by atoms with E-state index < -0.39 is 0 Å². The number of rotatable bonds is 6. The Morgan fingerprint density at radius 2 is 0.956 bits per heavy atom. The summed E-state index contributed by atoms with van der Waals surface area (Å²) in [5, 5.41) is 25.3. The average Bonchev–Trinajstić information content (AvgIpc) is 3.71. The smallest absolute Gasteiger partial charge is 0.209 e. The van der Waals surface area contributed by atoms with Gasteiger partial charge in [-0.25, -0.2) is 20.0 Å². The number of aromatic nitrogens is 2. The summed E-state index contributed by atoms with van der Waals surface area (Å²) in [4.78, 5) is 17.7. The minimum Gasteiger partial charge on any atom is -0.506 e.